The fourth-order valence-electron chi connectivity index (χ4n) is 2.81. The van der Waals surface area contributed by atoms with Crippen LogP contribution in [0.5, 0.6) is 0 Å². The molecule has 116 valence electrons. The summed E-state index contributed by atoms with van der Waals surface area (Å²) in [4.78, 5) is 15.6. The van der Waals surface area contributed by atoms with E-state index in [1.807, 2.05) is 12.2 Å². The molecular weight excluding hydrogens is 305 g/mol. The van der Waals surface area contributed by atoms with Crippen molar-refractivity contribution < 1.29 is 18.0 Å². The lowest BCUT2D eigenvalue weighted by atomic mass is 10.1. The summed E-state index contributed by atoms with van der Waals surface area (Å²) in [6.45, 7) is 0.136. The monoisotopic (exact) mass is 316 g/mol. The number of fused-ring (bicyclic) bond motifs is 2. The third-order valence-corrected chi connectivity index (χ3v) is 4.08. The van der Waals surface area contributed by atoms with Crippen LogP contribution in [0.2, 0.25) is 0 Å². The number of alkyl halides is 3. The second kappa shape index (κ2) is 4.68. The molecule has 1 heterocycles. The molecule has 3 aliphatic carbocycles. The summed E-state index contributed by atoms with van der Waals surface area (Å²) in [5.74, 6) is -0.232. The normalized spacial score (nSPS) is 18.1. The van der Waals surface area contributed by atoms with Gasteiger partial charge in [-0.3, -0.25) is 9.78 Å². The molecule has 1 aromatic heterocycles. The maximum atomic E-state index is 12.4. The highest BCUT2D eigenvalue weighted by atomic mass is 19.4. The number of nitrogens with zero attached hydrogens (tertiary/aromatic N) is 1. The summed E-state index contributed by atoms with van der Waals surface area (Å²) in [7, 11) is 0. The summed E-state index contributed by atoms with van der Waals surface area (Å²) in [6.07, 6.45) is 3.43. The van der Waals surface area contributed by atoms with Crippen LogP contribution in [0.4, 0.5) is 13.2 Å². The van der Waals surface area contributed by atoms with Crippen molar-refractivity contribution in [2.75, 3.05) is 0 Å². The molecule has 4 rings (SSSR count). The van der Waals surface area contributed by atoms with E-state index in [9.17, 15) is 18.0 Å². The second-order valence-corrected chi connectivity index (χ2v) is 5.63. The van der Waals surface area contributed by atoms with Crippen LogP contribution in [-0.2, 0) is 17.5 Å². The smallest absolute Gasteiger partial charge is 0.348 e. The Morgan fingerprint density at radius 3 is 2.74 bits per heavy atom. The molecule has 0 atom stereocenters. The van der Waals surface area contributed by atoms with Crippen LogP contribution in [0.25, 0.3) is 0 Å². The van der Waals surface area contributed by atoms with Gasteiger partial charge in [-0.25, -0.2) is 0 Å². The number of halogens is 3. The molecule has 3 aliphatic rings. The molecule has 6 heteroatoms. The second-order valence-electron chi connectivity index (χ2n) is 5.63. The summed E-state index contributed by atoms with van der Waals surface area (Å²) in [5, 5.41) is 2.72. The van der Waals surface area contributed by atoms with Crippen LogP contribution >= 0.6 is 0 Å². The number of carbonyl (C=O) groups excluding carboxylic acids is 1. The minimum atomic E-state index is -4.45. The molecule has 0 saturated heterocycles. The Hall–Kier alpha value is -2.63. The van der Waals surface area contributed by atoms with Gasteiger partial charge in [-0.1, -0.05) is 12.1 Å². The highest BCUT2D eigenvalue weighted by molar-refractivity contribution is 6.01. The average molecular weight is 316 g/mol. The zero-order chi connectivity index (χ0) is 16.2. The number of aromatic nitrogens is 1. The van der Waals surface area contributed by atoms with E-state index in [1.165, 1.54) is 17.2 Å². The molecule has 0 spiro atoms. The van der Waals surface area contributed by atoms with Gasteiger partial charge in [-0.15, -0.1) is 0 Å². The Morgan fingerprint density at radius 2 is 2.04 bits per heavy atom. The van der Waals surface area contributed by atoms with E-state index in [1.54, 1.807) is 6.08 Å². The first kappa shape index (κ1) is 14.0. The van der Waals surface area contributed by atoms with E-state index in [0.717, 1.165) is 29.8 Å². The Kier molecular flexibility index (Phi) is 2.85. The van der Waals surface area contributed by atoms with Crippen molar-refractivity contribution in [2.45, 2.75) is 19.1 Å². The Morgan fingerprint density at radius 1 is 1.22 bits per heavy atom. The van der Waals surface area contributed by atoms with Crippen LogP contribution in [0.1, 0.15) is 17.7 Å². The fraction of sp³-hybridized carbons (Fsp3) is 0.176. The zero-order valence-corrected chi connectivity index (χ0v) is 11.9. The number of allylic oxidation sites excluding steroid dienone is 6. The van der Waals surface area contributed by atoms with E-state index in [0.29, 0.717) is 11.1 Å². The highest BCUT2D eigenvalue weighted by Gasteiger charge is 2.35. The fourth-order valence-corrected chi connectivity index (χ4v) is 2.81. The first-order valence-electron chi connectivity index (χ1n) is 7.10. The van der Waals surface area contributed by atoms with Gasteiger partial charge in [0.1, 0.15) is 5.69 Å². The van der Waals surface area contributed by atoms with E-state index < -0.39 is 11.9 Å². The molecule has 0 bridgehead atoms. The molecule has 23 heavy (non-hydrogen) atoms. The largest absolute Gasteiger partial charge is 0.433 e. The summed E-state index contributed by atoms with van der Waals surface area (Å²) >= 11 is 0. The summed E-state index contributed by atoms with van der Waals surface area (Å²) in [6, 6.07) is 2.23. The number of pyridine rings is 1. The quantitative estimate of drug-likeness (QED) is 0.930. The molecule has 1 saturated carbocycles. The topological polar surface area (TPSA) is 42.0 Å². The third-order valence-electron chi connectivity index (χ3n) is 4.08. The van der Waals surface area contributed by atoms with Gasteiger partial charge >= 0.3 is 6.18 Å². The van der Waals surface area contributed by atoms with Crippen molar-refractivity contribution in [2.24, 2.45) is 0 Å². The van der Waals surface area contributed by atoms with E-state index >= 15 is 0 Å². The molecule has 1 amide bonds. The van der Waals surface area contributed by atoms with Gasteiger partial charge < -0.3 is 5.32 Å². The Balaban J connectivity index is 1.43. The number of hydrogen-bond donors (Lipinski definition) is 1. The minimum Gasteiger partial charge on any atom is -0.348 e. The number of amides is 1. The number of rotatable bonds is 3. The highest BCUT2D eigenvalue weighted by Crippen LogP contribution is 2.51. The number of nitrogens with one attached hydrogen (secondary N) is 1. The van der Waals surface area contributed by atoms with Crippen molar-refractivity contribution in [1.82, 2.24) is 10.3 Å². The predicted molar refractivity (Wildman–Crippen MR) is 77.0 cm³/mol. The van der Waals surface area contributed by atoms with Gasteiger partial charge in [0, 0.05) is 18.3 Å². The van der Waals surface area contributed by atoms with Gasteiger partial charge in [0.15, 0.2) is 0 Å². The maximum absolute atomic E-state index is 12.4. The average Bonchev–Trinajstić information content (AvgIpc) is 2.99. The van der Waals surface area contributed by atoms with Crippen LogP contribution in [-0.4, -0.2) is 10.9 Å². The number of carbonyl (C=O) groups is 1. The van der Waals surface area contributed by atoms with Crippen molar-refractivity contribution in [1.29, 1.82) is 0 Å². The molecule has 0 radical (unpaired) electrons. The zero-order valence-electron chi connectivity index (χ0n) is 11.9. The molecular formula is C17H11F3N2O. The minimum absolute atomic E-state index is 0.136. The molecule has 1 N–H and O–H groups in total. The van der Waals surface area contributed by atoms with Crippen LogP contribution in [0.3, 0.4) is 0 Å². The van der Waals surface area contributed by atoms with E-state index in [-0.39, 0.29) is 12.5 Å². The first-order valence-corrected chi connectivity index (χ1v) is 7.10. The van der Waals surface area contributed by atoms with Gasteiger partial charge in [0.25, 0.3) is 5.91 Å². The molecule has 1 aromatic rings. The lowest BCUT2D eigenvalue weighted by Gasteiger charge is -2.08. The molecule has 0 unspecified atom stereocenters. The lowest BCUT2D eigenvalue weighted by molar-refractivity contribution is -0.141. The summed E-state index contributed by atoms with van der Waals surface area (Å²) in [5.41, 5.74) is 4.86. The Bertz CT molecular complexity index is 840. The maximum Gasteiger partial charge on any atom is 0.433 e. The first-order chi connectivity index (χ1) is 10.9. The van der Waals surface area contributed by atoms with Gasteiger partial charge in [-0.05, 0) is 52.5 Å². The van der Waals surface area contributed by atoms with Crippen molar-refractivity contribution >= 4 is 5.91 Å². The molecule has 3 nitrogen and oxygen atoms in total. The standard InChI is InChI=1S/C17H11F3N2O/c18-17(19,20)15-4-1-9(7-21-15)8-22-16(23)12-3-2-11-13-5-10(13)6-14(11)12/h1-4,6-7H,5,8H2,(H,22,23). The van der Waals surface area contributed by atoms with Crippen molar-refractivity contribution in [3.05, 3.63) is 75.7 Å². The van der Waals surface area contributed by atoms with Gasteiger partial charge in [0.2, 0.25) is 0 Å². The summed E-state index contributed by atoms with van der Waals surface area (Å²) < 4.78 is 37.3. The third kappa shape index (κ3) is 2.40. The van der Waals surface area contributed by atoms with Gasteiger partial charge in [-0.2, -0.15) is 13.2 Å². The van der Waals surface area contributed by atoms with Crippen LogP contribution in [0.15, 0.2) is 64.4 Å². The van der Waals surface area contributed by atoms with E-state index in [2.05, 4.69) is 10.3 Å². The Labute approximate surface area is 129 Å². The number of hydrogen-bond acceptors (Lipinski definition) is 2. The van der Waals surface area contributed by atoms with Crippen LogP contribution in [0, 0.1) is 0 Å². The predicted octanol–water partition coefficient (Wildman–Crippen LogP) is 3.22. The van der Waals surface area contributed by atoms with Gasteiger partial charge in [0.05, 0.1) is 0 Å². The SMILES string of the molecule is O=C(NCc1ccc(C(F)(F)F)nc1)C1=C2C=C3CC3=C2C=C1. The molecule has 0 aromatic carbocycles. The van der Waals surface area contributed by atoms with Crippen molar-refractivity contribution in [3.63, 3.8) is 0 Å². The van der Waals surface area contributed by atoms with E-state index in [4.69, 9.17) is 0 Å². The molecule has 1 fully saturated rings. The lowest BCUT2D eigenvalue weighted by Crippen LogP contribution is -2.24. The molecule has 0 aliphatic heterocycles. The van der Waals surface area contributed by atoms with Crippen LogP contribution < -0.4 is 5.32 Å². The van der Waals surface area contributed by atoms with Crippen molar-refractivity contribution in [3.8, 4) is 0 Å².